The van der Waals surface area contributed by atoms with Gasteiger partial charge < -0.3 is 5.32 Å². The predicted octanol–water partition coefficient (Wildman–Crippen LogP) is 4.86. The Morgan fingerprint density at radius 3 is 2.48 bits per heavy atom. The molecule has 1 unspecified atom stereocenters. The molecule has 0 aliphatic carbocycles. The number of nitrogens with one attached hydrogen (secondary N) is 2. The van der Waals surface area contributed by atoms with Gasteiger partial charge in [-0.15, -0.1) is 11.3 Å². The molecule has 0 spiro atoms. The van der Waals surface area contributed by atoms with Crippen molar-refractivity contribution in [3.8, 4) is 11.3 Å². The predicted molar refractivity (Wildman–Crippen MR) is 117 cm³/mol. The monoisotopic (exact) mass is 491 g/mol. The second kappa shape index (κ2) is 8.62. The number of halogens is 1. The van der Waals surface area contributed by atoms with E-state index < -0.39 is 0 Å². The summed E-state index contributed by atoms with van der Waals surface area (Å²) in [6.45, 7) is 3.45. The van der Waals surface area contributed by atoms with E-state index in [0.717, 1.165) is 20.4 Å². The molecule has 0 aliphatic rings. The number of amides is 2. The molecule has 1 aromatic heterocycles. The molecule has 2 amide bonds. The van der Waals surface area contributed by atoms with Crippen molar-refractivity contribution in [3.63, 3.8) is 0 Å². The highest BCUT2D eigenvalue weighted by molar-refractivity contribution is 14.1. The second-order valence-electron chi connectivity index (χ2n) is 6.02. The standard InChI is InChI=1S/C20H18IN3O2S/c1-12(22-13(2)25)14-7-9-15(10-8-14)18-11-27-20(23-18)24-19(26)16-5-3-4-6-17(16)21/h3-12H,1-2H3,(H,22,25)(H,23,24,26). The summed E-state index contributed by atoms with van der Waals surface area (Å²) in [4.78, 5) is 28.1. The van der Waals surface area contributed by atoms with Gasteiger partial charge in [-0.05, 0) is 47.2 Å². The molecule has 0 saturated carbocycles. The molecule has 0 fully saturated rings. The molecule has 7 heteroatoms. The lowest BCUT2D eigenvalue weighted by Gasteiger charge is -2.13. The van der Waals surface area contributed by atoms with Crippen molar-refractivity contribution < 1.29 is 9.59 Å². The third kappa shape index (κ3) is 4.92. The average Bonchev–Trinajstić information content (AvgIpc) is 3.10. The fraction of sp³-hybridized carbons (Fsp3) is 0.150. The van der Waals surface area contributed by atoms with Crippen molar-refractivity contribution in [2.75, 3.05) is 5.32 Å². The van der Waals surface area contributed by atoms with Crippen LogP contribution >= 0.6 is 33.9 Å². The Balaban J connectivity index is 1.71. The molecule has 0 bridgehead atoms. The Bertz CT molecular complexity index is 969. The van der Waals surface area contributed by atoms with Crippen LogP contribution in [0, 0.1) is 3.57 Å². The first-order valence-electron chi connectivity index (χ1n) is 8.33. The molecule has 27 heavy (non-hydrogen) atoms. The molecule has 2 N–H and O–H groups in total. The van der Waals surface area contributed by atoms with Crippen molar-refractivity contribution in [2.24, 2.45) is 0 Å². The average molecular weight is 491 g/mol. The van der Waals surface area contributed by atoms with Gasteiger partial charge in [0.1, 0.15) is 0 Å². The van der Waals surface area contributed by atoms with E-state index in [1.54, 1.807) is 6.07 Å². The molecule has 138 valence electrons. The minimum Gasteiger partial charge on any atom is -0.350 e. The highest BCUT2D eigenvalue weighted by Crippen LogP contribution is 2.27. The maximum atomic E-state index is 12.4. The van der Waals surface area contributed by atoms with Crippen LogP contribution in [0.15, 0.2) is 53.9 Å². The van der Waals surface area contributed by atoms with Crippen molar-refractivity contribution in [3.05, 3.63) is 68.6 Å². The van der Waals surface area contributed by atoms with Crippen LogP contribution in [0.25, 0.3) is 11.3 Å². The highest BCUT2D eigenvalue weighted by Gasteiger charge is 2.13. The molecular formula is C20H18IN3O2S. The van der Waals surface area contributed by atoms with Crippen molar-refractivity contribution in [2.45, 2.75) is 19.9 Å². The zero-order chi connectivity index (χ0) is 19.4. The van der Waals surface area contributed by atoms with Gasteiger partial charge in [0.15, 0.2) is 5.13 Å². The second-order valence-corrected chi connectivity index (χ2v) is 8.04. The number of benzene rings is 2. The minimum absolute atomic E-state index is 0.0461. The number of carbonyl (C=O) groups excluding carboxylic acids is 2. The number of thiazole rings is 1. The lowest BCUT2D eigenvalue weighted by atomic mass is 10.1. The SMILES string of the molecule is CC(=O)NC(C)c1ccc(-c2csc(NC(=O)c3ccccc3I)n2)cc1. The lowest BCUT2D eigenvalue weighted by Crippen LogP contribution is -2.23. The molecule has 3 aromatic rings. The van der Waals surface area contributed by atoms with Crippen molar-refractivity contribution in [1.82, 2.24) is 10.3 Å². The van der Waals surface area contributed by atoms with Crippen LogP contribution in [-0.2, 0) is 4.79 Å². The summed E-state index contributed by atoms with van der Waals surface area (Å²) in [6, 6.07) is 15.3. The van der Waals surface area contributed by atoms with Gasteiger partial charge in [-0.2, -0.15) is 0 Å². The topological polar surface area (TPSA) is 71.1 Å². The van der Waals surface area contributed by atoms with E-state index >= 15 is 0 Å². The maximum Gasteiger partial charge on any atom is 0.258 e. The van der Waals surface area contributed by atoms with Crippen LogP contribution in [0.5, 0.6) is 0 Å². The summed E-state index contributed by atoms with van der Waals surface area (Å²) in [5.74, 6) is -0.222. The summed E-state index contributed by atoms with van der Waals surface area (Å²) < 4.78 is 0.897. The van der Waals surface area contributed by atoms with E-state index in [4.69, 9.17) is 0 Å². The quantitative estimate of drug-likeness (QED) is 0.501. The molecule has 0 radical (unpaired) electrons. The van der Waals surface area contributed by atoms with Gasteiger partial charge in [0.2, 0.25) is 5.91 Å². The van der Waals surface area contributed by atoms with Gasteiger partial charge in [-0.3, -0.25) is 14.9 Å². The van der Waals surface area contributed by atoms with Crippen molar-refractivity contribution >= 4 is 50.9 Å². The third-order valence-corrected chi connectivity index (χ3v) is 5.67. The molecule has 1 heterocycles. The minimum atomic E-state index is -0.166. The molecule has 0 aliphatic heterocycles. The van der Waals surface area contributed by atoms with Gasteiger partial charge in [0, 0.05) is 21.4 Å². The Labute approximate surface area is 175 Å². The first-order chi connectivity index (χ1) is 12.9. The Kier molecular flexibility index (Phi) is 6.22. The summed E-state index contributed by atoms with van der Waals surface area (Å²) >= 11 is 3.53. The number of aromatic nitrogens is 1. The van der Waals surface area contributed by atoms with Crippen LogP contribution in [0.3, 0.4) is 0 Å². The number of carbonyl (C=O) groups is 2. The van der Waals surface area contributed by atoms with Gasteiger partial charge >= 0.3 is 0 Å². The van der Waals surface area contributed by atoms with E-state index in [1.165, 1.54) is 18.3 Å². The number of hydrogen-bond acceptors (Lipinski definition) is 4. The maximum absolute atomic E-state index is 12.4. The first kappa shape index (κ1) is 19.5. The number of rotatable bonds is 5. The Hall–Kier alpha value is -2.26. The number of anilines is 1. The Morgan fingerprint density at radius 2 is 1.81 bits per heavy atom. The van der Waals surface area contributed by atoms with E-state index in [1.807, 2.05) is 54.8 Å². The van der Waals surface area contributed by atoms with Gasteiger partial charge in [-0.25, -0.2) is 4.98 Å². The molecule has 1 atom stereocenters. The smallest absolute Gasteiger partial charge is 0.258 e. The van der Waals surface area contributed by atoms with Crippen LogP contribution in [-0.4, -0.2) is 16.8 Å². The van der Waals surface area contributed by atoms with Crippen LogP contribution < -0.4 is 10.6 Å². The van der Waals surface area contributed by atoms with E-state index in [-0.39, 0.29) is 17.9 Å². The van der Waals surface area contributed by atoms with Gasteiger partial charge in [-0.1, -0.05) is 36.4 Å². The van der Waals surface area contributed by atoms with Gasteiger partial charge in [0.05, 0.1) is 17.3 Å². The molecule has 5 nitrogen and oxygen atoms in total. The normalized spacial score (nSPS) is 11.7. The third-order valence-electron chi connectivity index (χ3n) is 3.97. The molecule has 0 saturated heterocycles. The van der Waals surface area contributed by atoms with Crippen LogP contribution in [0.2, 0.25) is 0 Å². The van der Waals surface area contributed by atoms with E-state index in [9.17, 15) is 9.59 Å². The number of hydrogen-bond donors (Lipinski definition) is 2. The molecule has 3 rings (SSSR count). The largest absolute Gasteiger partial charge is 0.350 e. The van der Waals surface area contributed by atoms with Gasteiger partial charge in [0.25, 0.3) is 5.91 Å². The summed E-state index contributed by atoms with van der Waals surface area (Å²) in [5.41, 5.74) is 3.42. The fourth-order valence-corrected chi connectivity index (χ4v) is 3.95. The summed E-state index contributed by atoms with van der Waals surface area (Å²) in [5, 5.41) is 8.20. The van der Waals surface area contributed by atoms with E-state index in [2.05, 4.69) is 38.2 Å². The van der Waals surface area contributed by atoms with Crippen molar-refractivity contribution in [1.29, 1.82) is 0 Å². The fourth-order valence-electron chi connectivity index (χ4n) is 2.60. The molecule has 2 aromatic carbocycles. The lowest BCUT2D eigenvalue weighted by molar-refractivity contribution is -0.119. The summed E-state index contributed by atoms with van der Waals surface area (Å²) in [6.07, 6.45) is 0. The zero-order valence-corrected chi connectivity index (χ0v) is 17.8. The Morgan fingerprint density at radius 1 is 1.11 bits per heavy atom. The van der Waals surface area contributed by atoms with E-state index in [0.29, 0.717) is 10.7 Å². The highest BCUT2D eigenvalue weighted by atomic mass is 127. The zero-order valence-electron chi connectivity index (χ0n) is 14.8. The summed E-state index contributed by atoms with van der Waals surface area (Å²) in [7, 11) is 0. The number of nitrogens with zero attached hydrogens (tertiary/aromatic N) is 1. The van der Waals surface area contributed by atoms with Crippen LogP contribution in [0.4, 0.5) is 5.13 Å². The molecular weight excluding hydrogens is 473 g/mol. The van der Waals surface area contributed by atoms with Crippen LogP contribution in [0.1, 0.15) is 35.8 Å². The first-order valence-corrected chi connectivity index (χ1v) is 10.3.